The molecule has 1 fully saturated rings. The summed E-state index contributed by atoms with van der Waals surface area (Å²) in [5, 5.41) is 4.24. The molecular weight excluding hydrogens is 333 g/mol. The molecule has 0 aliphatic carbocycles. The first-order valence-electron chi connectivity index (χ1n) is 7.99. The van der Waals surface area contributed by atoms with Crippen molar-refractivity contribution in [1.82, 2.24) is 15.1 Å². The standard InChI is InChI=1S/C17H25Cl2N3O/c1-17(2,3)22-10-8-21(9-11-22)16(23)20-7-6-13-4-5-14(18)12-15(13)19/h4-5,12H,6-11H2,1-3H3,(H,20,23). The van der Waals surface area contributed by atoms with Crippen LogP contribution in [0.25, 0.3) is 0 Å². The van der Waals surface area contributed by atoms with E-state index < -0.39 is 0 Å². The summed E-state index contributed by atoms with van der Waals surface area (Å²) in [4.78, 5) is 16.5. The largest absolute Gasteiger partial charge is 0.338 e. The molecule has 23 heavy (non-hydrogen) atoms. The number of piperazine rings is 1. The number of halogens is 2. The molecule has 1 aromatic carbocycles. The van der Waals surface area contributed by atoms with Crippen molar-refractivity contribution in [1.29, 1.82) is 0 Å². The van der Waals surface area contributed by atoms with E-state index in [9.17, 15) is 4.79 Å². The van der Waals surface area contributed by atoms with Gasteiger partial charge in [-0.1, -0.05) is 29.3 Å². The number of hydrogen-bond donors (Lipinski definition) is 1. The summed E-state index contributed by atoms with van der Waals surface area (Å²) < 4.78 is 0. The second kappa shape index (κ2) is 7.73. The van der Waals surface area contributed by atoms with Crippen LogP contribution in [0.5, 0.6) is 0 Å². The number of carbonyl (C=O) groups excluding carboxylic acids is 1. The smallest absolute Gasteiger partial charge is 0.317 e. The molecule has 0 atom stereocenters. The summed E-state index contributed by atoms with van der Waals surface area (Å²) in [5.74, 6) is 0. The lowest BCUT2D eigenvalue weighted by molar-refractivity contribution is 0.0744. The average molecular weight is 358 g/mol. The number of hydrogen-bond acceptors (Lipinski definition) is 2. The third-order valence-corrected chi connectivity index (χ3v) is 4.79. The fourth-order valence-corrected chi connectivity index (χ4v) is 3.22. The second-order valence-corrected chi connectivity index (χ2v) is 7.71. The first-order valence-corrected chi connectivity index (χ1v) is 8.75. The SMILES string of the molecule is CC(C)(C)N1CCN(C(=O)NCCc2ccc(Cl)cc2Cl)CC1. The van der Waals surface area contributed by atoms with Gasteiger partial charge in [0, 0.05) is 48.3 Å². The van der Waals surface area contributed by atoms with Gasteiger partial charge < -0.3 is 10.2 Å². The Hall–Kier alpha value is -0.970. The zero-order chi connectivity index (χ0) is 17.0. The predicted molar refractivity (Wildman–Crippen MR) is 96.5 cm³/mol. The minimum atomic E-state index is 0.00338. The number of carbonyl (C=O) groups is 1. The summed E-state index contributed by atoms with van der Waals surface area (Å²) in [6.45, 7) is 10.6. The van der Waals surface area contributed by atoms with E-state index in [4.69, 9.17) is 23.2 Å². The summed E-state index contributed by atoms with van der Waals surface area (Å²) in [6, 6.07) is 5.45. The quantitative estimate of drug-likeness (QED) is 0.895. The van der Waals surface area contributed by atoms with Crippen LogP contribution in [0.2, 0.25) is 10.0 Å². The average Bonchev–Trinajstić information content (AvgIpc) is 2.48. The number of amides is 2. The van der Waals surface area contributed by atoms with Crippen molar-refractivity contribution in [3.8, 4) is 0 Å². The third kappa shape index (κ3) is 5.27. The summed E-state index contributed by atoms with van der Waals surface area (Å²) >= 11 is 12.0. The Balaban J connectivity index is 1.75. The van der Waals surface area contributed by atoms with Gasteiger partial charge in [-0.05, 0) is 44.9 Å². The molecule has 0 saturated carbocycles. The van der Waals surface area contributed by atoms with Crippen molar-refractivity contribution < 1.29 is 4.79 Å². The lowest BCUT2D eigenvalue weighted by Gasteiger charge is -2.42. The highest BCUT2D eigenvalue weighted by atomic mass is 35.5. The number of benzene rings is 1. The first-order chi connectivity index (χ1) is 10.8. The second-order valence-electron chi connectivity index (χ2n) is 6.86. The van der Waals surface area contributed by atoms with E-state index in [1.807, 2.05) is 17.0 Å². The highest BCUT2D eigenvalue weighted by Gasteiger charge is 2.27. The molecule has 6 heteroatoms. The van der Waals surface area contributed by atoms with Crippen LogP contribution in [0.15, 0.2) is 18.2 Å². The zero-order valence-electron chi connectivity index (χ0n) is 14.0. The van der Waals surface area contributed by atoms with Crippen molar-refractivity contribution in [2.45, 2.75) is 32.7 Å². The number of urea groups is 1. The maximum Gasteiger partial charge on any atom is 0.317 e. The Morgan fingerprint density at radius 3 is 2.39 bits per heavy atom. The Bertz CT molecular complexity index is 549. The van der Waals surface area contributed by atoms with E-state index in [1.54, 1.807) is 6.07 Å². The normalized spacial score (nSPS) is 16.5. The van der Waals surface area contributed by atoms with Gasteiger partial charge in [0.05, 0.1) is 0 Å². The lowest BCUT2D eigenvalue weighted by Crippen LogP contribution is -2.56. The summed E-state index contributed by atoms with van der Waals surface area (Å²) in [5.41, 5.74) is 1.15. The Morgan fingerprint density at radius 2 is 1.83 bits per heavy atom. The van der Waals surface area contributed by atoms with Crippen molar-refractivity contribution >= 4 is 29.2 Å². The van der Waals surface area contributed by atoms with Gasteiger partial charge in [-0.15, -0.1) is 0 Å². The first kappa shape index (κ1) is 18.4. The molecular formula is C17H25Cl2N3O. The van der Waals surface area contributed by atoms with E-state index in [0.29, 0.717) is 23.0 Å². The van der Waals surface area contributed by atoms with Gasteiger partial charge in [-0.2, -0.15) is 0 Å². The van der Waals surface area contributed by atoms with Crippen LogP contribution in [0.3, 0.4) is 0 Å². The topological polar surface area (TPSA) is 35.6 Å². The van der Waals surface area contributed by atoms with E-state index in [1.165, 1.54) is 0 Å². The number of nitrogens with one attached hydrogen (secondary N) is 1. The third-order valence-electron chi connectivity index (χ3n) is 4.20. The van der Waals surface area contributed by atoms with Crippen molar-refractivity contribution in [2.24, 2.45) is 0 Å². The van der Waals surface area contributed by atoms with Crippen LogP contribution in [0.4, 0.5) is 4.79 Å². The molecule has 0 bridgehead atoms. The van der Waals surface area contributed by atoms with Crippen LogP contribution in [-0.4, -0.2) is 54.1 Å². The van der Waals surface area contributed by atoms with Crippen molar-refractivity contribution in [2.75, 3.05) is 32.7 Å². The van der Waals surface area contributed by atoms with Gasteiger partial charge in [0.1, 0.15) is 0 Å². The van der Waals surface area contributed by atoms with Crippen LogP contribution >= 0.6 is 23.2 Å². The van der Waals surface area contributed by atoms with E-state index in [-0.39, 0.29) is 11.6 Å². The molecule has 2 rings (SSSR count). The maximum absolute atomic E-state index is 12.2. The molecule has 0 aromatic heterocycles. The lowest BCUT2D eigenvalue weighted by atomic mass is 10.1. The van der Waals surface area contributed by atoms with Gasteiger partial charge in [0.15, 0.2) is 0 Å². The molecule has 1 aliphatic rings. The Morgan fingerprint density at radius 1 is 1.17 bits per heavy atom. The van der Waals surface area contributed by atoms with E-state index in [2.05, 4.69) is 31.0 Å². The minimum absolute atomic E-state index is 0.00338. The monoisotopic (exact) mass is 357 g/mol. The van der Waals surface area contributed by atoms with E-state index in [0.717, 1.165) is 31.7 Å². The molecule has 0 unspecified atom stereocenters. The summed E-state index contributed by atoms with van der Waals surface area (Å²) in [7, 11) is 0. The molecule has 1 aromatic rings. The number of rotatable bonds is 3. The van der Waals surface area contributed by atoms with Gasteiger partial charge in [0.2, 0.25) is 0 Å². The molecule has 0 spiro atoms. The van der Waals surface area contributed by atoms with Gasteiger partial charge in [0.25, 0.3) is 0 Å². The molecule has 1 heterocycles. The highest BCUT2D eigenvalue weighted by molar-refractivity contribution is 6.35. The Labute approximate surface area is 148 Å². The Kier molecular flexibility index (Phi) is 6.18. The molecule has 1 aliphatic heterocycles. The van der Waals surface area contributed by atoms with Crippen LogP contribution in [0.1, 0.15) is 26.3 Å². The molecule has 2 amide bonds. The van der Waals surface area contributed by atoms with Crippen LogP contribution in [-0.2, 0) is 6.42 Å². The highest BCUT2D eigenvalue weighted by Crippen LogP contribution is 2.21. The van der Waals surface area contributed by atoms with Crippen molar-refractivity contribution in [3.05, 3.63) is 33.8 Å². The zero-order valence-corrected chi connectivity index (χ0v) is 15.5. The minimum Gasteiger partial charge on any atom is -0.338 e. The number of nitrogens with zero attached hydrogens (tertiary/aromatic N) is 2. The molecule has 128 valence electrons. The molecule has 0 radical (unpaired) electrons. The van der Waals surface area contributed by atoms with Crippen molar-refractivity contribution in [3.63, 3.8) is 0 Å². The van der Waals surface area contributed by atoms with Crippen LogP contribution < -0.4 is 5.32 Å². The molecule has 1 saturated heterocycles. The fraction of sp³-hybridized carbons (Fsp3) is 0.588. The fourth-order valence-electron chi connectivity index (χ4n) is 2.72. The summed E-state index contributed by atoms with van der Waals surface area (Å²) in [6.07, 6.45) is 0.698. The maximum atomic E-state index is 12.2. The van der Waals surface area contributed by atoms with E-state index >= 15 is 0 Å². The van der Waals surface area contributed by atoms with Gasteiger partial charge >= 0.3 is 6.03 Å². The van der Waals surface area contributed by atoms with Gasteiger partial charge in [-0.25, -0.2) is 4.79 Å². The molecule has 4 nitrogen and oxygen atoms in total. The molecule has 1 N–H and O–H groups in total. The predicted octanol–water partition coefficient (Wildman–Crippen LogP) is 3.66. The van der Waals surface area contributed by atoms with Gasteiger partial charge in [-0.3, -0.25) is 4.90 Å². The van der Waals surface area contributed by atoms with Crippen LogP contribution in [0, 0.1) is 0 Å².